The first kappa shape index (κ1) is 8.74. The lowest BCUT2D eigenvalue weighted by atomic mass is 10.3. The number of halogens is 1. The molecule has 1 heterocycles. The van der Waals surface area contributed by atoms with Crippen molar-refractivity contribution in [2.75, 3.05) is 5.73 Å². The fraction of sp³-hybridized carbons (Fsp3) is 0.100. The van der Waals surface area contributed by atoms with Crippen LogP contribution in [0.25, 0.3) is 5.69 Å². The minimum Gasteiger partial charge on any atom is -0.369 e. The highest BCUT2D eigenvalue weighted by Crippen LogP contribution is 2.15. The van der Waals surface area contributed by atoms with Gasteiger partial charge in [0.05, 0.1) is 6.20 Å². The van der Waals surface area contributed by atoms with E-state index in [0.29, 0.717) is 5.95 Å². The van der Waals surface area contributed by atoms with Crippen LogP contribution < -0.4 is 5.73 Å². The minimum atomic E-state index is -0.259. The van der Waals surface area contributed by atoms with Crippen LogP contribution >= 0.6 is 0 Å². The molecule has 0 spiro atoms. The van der Waals surface area contributed by atoms with Crippen LogP contribution in [0.4, 0.5) is 10.3 Å². The minimum absolute atomic E-state index is 0.259. The fourth-order valence-electron chi connectivity index (χ4n) is 1.38. The SMILES string of the molecule is Cc1cnc(N)n1-c1ccc(F)cc1. The van der Waals surface area contributed by atoms with Crippen LogP contribution in [-0.2, 0) is 0 Å². The Morgan fingerprint density at radius 1 is 1.29 bits per heavy atom. The number of aryl methyl sites for hydroxylation is 1. The molecule has 2 aromatic rings. The van der Waals surface area contributed by atoms with E-state index in [1.54, 1.807) is 22.9 Å². The summed E-state index contributed by atoms with van der Waals surface area (Å²) in [5, 5.41) is 0. The van der Waals surface area contributed by atoms with Crippen molar-refractivity contribution in [1.29, 1.82) is 0 Å². The lowest BCUT2D eigenvalue weighted by molar-refractivity contribution is 0.627. The average molecular weight is 191 g/mol. The summed E-state index contributed by atoms with van der Waals surface area (Å²) in [6, 6.07) is 6.13. The van der Waals surface area contributed by atoms with Crippen LogP contribution in [0.2, 0.25) is 0 Å². The summed E-state index contributed by atoms with van der Waals surface area (Å²) in [5.41, 5.74) is 7.41. The molecule has 1 aromatic carbocycles. The molecule has 0 radical (unpaired) electrons. The maximum absolute atomic E-state index is 12.7. The molecular weight excluding hydrogens is 181 g/mol. The normalized spacial score (nSPS) is 10.4. The molecule has 0 fully saturated rings. The summed E-state index contributed by atoms with van der Waals surface area (Å²) in [7, 11) is 0. The van der Waals surface area contributed by atoms with Gasteiger partial charge in [-0.05, 0) is 31.2 Å². The highest BCUT2D eigenvalue weighted by molar-refractivity contribution is 5.41. The molecule has 2 rings (SSSR count). The van der Waals surface area contributed by atoms with Crippen molar-refractivity contribution in [3.05, 3.63) is 42.0 Å². The van der Waals surface area contributed by atoms with Gasteiger partial charge in [-0.25, -0.2) is 9.37 Å². The molecule has 1 aromatic heterocycles. The second kappa shape index (κ2) is 3.14. The van der Waals surface area contributed by atoms with Gasteiger partial charge in [-0.15, -0.1) is 0 Å². The summed E-state index contributed by atoms with van der Waals surface area (Å²) >= 11 is 0. The zero-order valence-corrected chi connectivity index (χ0v) is 7.74. The van der Waals surface area contributed by atoms with E-state index in [2.05, 4.69) is 4.98 Å². The quantitative estimate of drug-likeness (QED) is 0.748. The number of benzene rings is 1. The van der Waals surface area contributed by atoms with E-state index in [1.165, 1.54) is 12.1 Å². The predicted octanol–water partition coefficient (Wildman–Crippen LogP) is 1.90. The summed E-state index contributed by atoms with van der Waals surface area (Å²) in [6.45, 7) is 1.90. The second-order valence-corrected chi connectivity index (χ2v) is 3.07. The first-order valence-corrected chi connectivity index (χ1v) is 4.24. The Bertz CT molecular complexity index is 425. The molecule has 2 N–H and O–H groups in total. The largest absolute Gasteiger partial charge is 0.369 e. The van der Waals surface area contributed by atoms with Crippen LogP contribution in [0, 0.1) is 12.7 Å². The Balaban J connectivity index is 2.54. The molecule has 0 aliphatic carbocycles. The fourth-order valence-corrected chi connectivity index (χ4v) is 1.38. The molecule has 3 nitrogen and oxygen atoms in total. The lowest BCUT2D eigenvalue weighted by Gasteiger charge is -2.06. The maximum Gasteiger partial charge on any atom is 0.205 e. The Hall–Kier alpha value is -1.84. The molecule has 0 saturated heterocycles. The van der Waals surface area contributed by atoms with Crippen LogP contribution in [-0.4, -0.2) is 9.55 Å². The number of hydrogen-bond acceptors (Lipinski definition) is 2. The van der Waals surface area contributed by atoms with Gasteiger partial charge in [0.25, 0.3) is 0 Å². The van der Waals surface area contributed by atoms with Crippen molar-refractivity contribution < 1.29 is 4.39 Å². The van der Waals surface area contributed by atoms with Crippen LogP contribution in [0.3, 0.4) is 0 Å². The number of nitrogens with zero attached hydrogens (tertiary/aromatic N) is 2. The highest BCUT2D eigenvalue weighted by atomic mass is 19.1. The molecule has 0 atom stereocenters. The number of anilines is 1. The maximum atomic E-state index is 12.7. The number of imidazole rings is 1. The third kappa shape index (κ3) is 1.35. The zero-order valence-electron chi connectivity index (χ0n) is 7.74. The standard InChI is InChI=1S/C10H10FN3/c1-7-6-13-10(12)14(7)9-4-2-8(11)3-5-9/h2-6H,1H3,(H2,12,13). The number of rotatable bonds is 1. The van der Waals surface area contributed by atoms with Crippen molar-refractivity contribution in [3.8, 4) is 5.69 Å². The van der Waals surface area contributed by atoms with E-state index in [-0.39, 0.29) is 5.82 Å². The molecule has 0 bridgehead atoms. The van der Waals surface area contributed by atoms with Crippen molar-refractivity contribution in [1.82, 2.24) is 9.55 Å². The van der Waals surface area contributed by atoms with Crippen LogP contribution in [0.15, 0.2) is 30.5 Å². The summed E-state index contributed by atoms with van der Waals surface area (Å²) in [5.74, 6) is 0.152. The zero-order chi connectivity index (χ0) is 10.1. The summed E-state index contributed by atoms with van der Waals surface area (Å²) < 4.78 is 14.4. The predicted molar refractivity (Wildman–Crippen MR) is 52.7 cm³/mol. The average Bonchev–Trinajstić information content (AvgIpc) is 2.49. The molecular formula is C10H10FN3. The van der Waals surface area contributed by atoms with Crippen molar-refractivity contribution in [3.63, 3.8) is 0 Å². The van der Waals surface area contributed by atoms with Crippen molar-refractivity contribution >= 4 is 5.95 Å². The molecule has 0 saturated carbocycles. The monoisotopic (exact) mass is 191 g/mol. The van der Waals surface area contributed by atoms with Gasteiger partial charge in [0.1, 0.15) is 5.82 Å². The number of nitrogen functional groups attached to an aromatic ring is 1. The summed E-state index contributed by atoms with van der Waals surface area (Å²) in [6.07, 6.45) is 1.68. The van der Waals surface area contributed by atoms with E-state index in [0.717, 1.165) is 11.4 Å². The number of hydrogen-bond donors (Lipinski definition) is 1. The Morgan fingerprint density at radius 3 is 2.43 bits per heavy atom. The van der Waals surface area contributed by atoms with E-state index >= 15 is 0 Å². The number of nitrogens with two attached hydrogens (primary N) is 1. The van der Waals surface area contributed by atoms with E-state index in [1.807, 2.05) is 6.92 Å². The Morgan fingerprint density at radius 2 is 1.93 bits per heavy atom. The third-order valence-electron chi connectivity index (χ3n) is 2.05. The van der Waals surface area contributed by atoms with E-state index in [9.17, 15) is 4.39 Å². The topological polar surface area (TPSA) is 43.8 Å². The van der Waals surface area contributed by atoms with Gasteiger partial charge in [0.15, 0.2) is 0 Å². The molecule has 0 amide bonds. The van der Waals surface area contributed by atoms with Gasteiger partial charge in [0, 0.05) is 11.4 Å². The van der Waals surface area contributed by atoms with Gasteiger partial charge >= 0.3 is 0 Å². The Labute approximate surface area is 81.0 Å². The molecule has 4 heteroatoms. The van der Waals surface area contributed by atoms with Gasteiger partial charge in [-0.1, -0.05) is 0 Å². The molecule has 0 unspecified atom stereocenters. The third-order valence-corrected chi connectivity index (χ3v) is 2.05. The van der Waals surface area contributed by atoms with Crippen molar-refractivity contribution in [2.45, 2.75) is 6.92 Å². The lowest BCUT2D eigenvalue weighted by Crippen LogP contribution is -2.02. The van der Waals surface area contributed by atoms with Crippen LogP contribution in [0.5, 0.6) is 0 Å². The van der Waals surface area contributed by atoms with Crippen LogP contribution in [0.1, 0.15) is 5.69 Å². The van der Waals surface area contributed by atoms with Gasteiger partial charge < -0.3 is 5.73 Å². The first-order valence-electron chi connectivity index (χ1n) is 4.24. The summed E-state index contributed by atoms with van der Waals surface area (Å²) in [4.78, 5) is 3.96. The van der Waals surface area contributed by atoms with Gasteiger partial charge in [-0.2, -0.15) is 0 Å². The van der Waals surface area contributed by atoms with Gasteiger partial charge in [0.2, 0.25) is 5.95 Å². The van der Waals surface area contributed by atoms with Gasteiger partial charge in [-0.3, -0.25) is 4.57 Å². The van der Waals surface area contributed by atoms with E-state index in [4.69, 9.17) is 5.73 Å². The molecule has 0 aliphatic rings. The van der Waals surface area contributed by atoms with Crippen molar-refractivity contribution in [2.24, 2.45) is 0 Å². The molecule has 72 valence electrons. The molecule has 0 aliphatic heterocycles. The first-order chi connectivity index (χ1) is 6.68. The Kier molecular flexibility index (Phi) is 1.96. The molecule has 14 heavy (non-hydrogen) atoms. The second-order valence-electron chi connectivity index (χ2n) is 3.07. The highest BCUT2D eigenvalue weighted by Gasteiger charge is 2.04. The number of aromatic nitrogens is 2. The van der Waals surface area contributed by atoms with E-state index < -0.39 is 0 Å². The smallest absolute Gasteiger partial charge is 0.205 e.